The molecule has 0 spiro atoms. The Balaban J connectivity index is 2.10. The average molecular weight is 255 g/mol. The first-order valence-electron chi connectivity index (χ1n) is 6.42. The highest BCUT2D eigenvalue weighted by Gasteiger charge is 2.26. The van der Waals surface area contributed by atoms with Crippen molar-refractivity contribution in [3.63, 3.8) is 0 Å². The Labute approximate surface area is 106 Å². The lowest BCUT2D eigenvalue weighted by Crippen LogP contribution is -2.37. The lowest BCUT2D eigenvalue weighted by molar-refractivity contribution is 0.103. The number of hydrogen-bond acceptors (Lipinski definition) is 2. The summed E-state index contributed by atoms with van der Waals surface area (Å²) in [5.41, 5.74) is 0.153. The Kier molecular flexibility index (Phi) is 4.30. The van der Waals surface area contributed by atoms with Gasteiger partial charge in [0.1, 0.15) is 11.6 Å². The predicted molar refractivity (Wildman–Crippen MR) is 66.2 cm³/mol. The zero-order chi connectivity index (χ0) is 13.1. The van der Waals surface area contributed by atoms with Crippen LogP contribution in [0.3, 0.4) is 0 Å². The zero-order valence-corrected chi connectivity index (χ0v) is 10.6. The highest BCUT2D eigenvalue weighted by Crippen LogP contribution is 2.29. The molecule has 1 aliphatic heterocycles. The van der Waals surface area contributed by atoms with Gasteiger partial charge in [0.05, 0.1) is 0 Å². The van der Waals surface area contributed by atoms with Crippen LogP contribution in [0.15, 0.2) is 18.2 Å². The van der Waals surface area contributed by atoms with Crippen molar-refractivity contribution in [3.05, 3.63) is 35.4 Å². The summed E-state index contributed by atoms with van der Waals surface area (Å²) in [6, 6.07) is 3.73. The molecule has 1 heterocycles. The van der Waals surface area contributed by atoms with Crippen molar-refractivity contribution in [2.24, 2.45) is 5.92 Å². The first-order chi connectivity index (χ1) is 8.63. The van der Waals surface area contributed by atoms with E-state index in [2.05, 4.69) is 4.90 Å². The maximum atomic E-state index is 13.7. The summed E-state index contributed by atoms with van der Waals surface area (Å²) >= 11 is 0. The fourth-order valence-corrected chi connectivity index (χ4v) is 2.62. The number of piperidine rings is 1. The second-order valence-corrected chi connectivity index (χ2v) is 4.97. The van der Waals surface area contributed by atoms with Crippen LogP contribution in [0.4, 0.5) is 8.78 Å². The largest absolute Gasteiger partial charge is 0.396 e. The molecular weight excluding hydrogens is 236 g/mol. The minimum atomic E-state index is -0.480. The Morgan fingerprint density at radius 3 is 2.33 bits per heavy atom. The number of likely N-dealkylation sites (tertiary alicyclic amines) is 1. The summed E-state index contributed by atoms with van der Waals surface area (Å²) in [5, 5.41) is 9.08. The molecule has 1 atom stereocenters. The van der Waals surface area contributed by atoms with E-state index in [0.29, 0.717) is 5.92 Å². The molecule has 1 aliphatic rings. The predicted octanol–water partition coefficient (Wildman–Crippen LogP) is 2.73. The maximum absolute atomic E-state index is 13.7. The molecule has 2 rings (SSSR count). The van der Waals surface area contributed by atoms with Crippen molar-refractivity contribution < 1.29 is 13.9 Å². The third-order valence-electron chi connectivity index (χ3n) is 3.87. The molecule has 1 N–H and O–H groups in total. The summed E-state index contributed by atoms with van der Waals surface area (Å²) in [4.78, 5) is 2.08. The second-order valence-electron chi connectivity index (χ2n) is 4.97. The lowest BCUT2D eigenvalue weighted by Gasteiger charge is -2.35. The van der Waals surface area contributed by atoms with Crippen molar-refractivity contribution in [3.8, 4) is 0 Å². The van der Waals surface area contributed by atoms with E-state index in [-0.39, 0.29) is 18.2 Å². The molecule has 0 saturated carbocycles. The Morgan fingerprint density at radius 1 is 1.28 bits per heavy atom. The number of aliphatic hydroxyl groups excluding tert-OH is 1. The number of hydrogen-bond donors (Lipinski definition) is 1. The van der Waals surface area contributed by atoms with Crippen LogP contribution in [0.25, 0.3) is 0 Å². The minimum absolute atomic E-state index is 0.153. The van der Waals surface area contributed by atoms with Crippen molar-refractivity contribution in [2.45, 2.75) is 25.8 Å². The second kappa shape index (κ2) is 5.76. The van der Waals surface area contributed by atoms with Gasteiger partial charge in [-0.1, -0.05) is 6.07 Å². The SMILES string of the molecule is CC(c1c(F)cccc1F)N1CCC(CO)CC1. The normalized spacial score (nSPS) is 20.0. The average Bonchev–Trinajstić information content (AvgIpc) is 2.38. The molecule has 0 aromatic heterocycles. The maximum Gasteiger partial charge on any atom is 0.130 e. The van der Waals surface area contributed by atoms with Crippen LogP contribution >= 0.6 is 0 Å². The van der Waals surface area contributed by atoms with Gasteiger partial charge >= 0.3 is 0 Å². The van der Waals surface area contributed by atoms with E-state index in [4.69, 9.17) is 5.11 Å². The monoisotopic (exact) mass is 255 g/mol. The molecule has 100 valence electrons. The van der Waals surface area contributed by atoms with Crippen LogP contribution < -0.4 is 0 Å². The molecule has 4 heteroatoms. The van der Waals surface area contributed by atoms with Gasteiger partial charge in [0.15, 0.2) is 0 Å². The zero-order valence-electron chi connectivity index (χ0n) is 10.6. The summed E-state index contributed by atoms with van der Waals surface area (Å²) < 4.78 is 27.4. The minimum Gasteiger partial charge on any atom is -0.396 e. The van der Waals surface area contributed by atoms with Gasteiger partial charge in [-0.2, -0.15) is 0 Å². The van der Waals surface area contributed by atoms with Crippen molar-refractivity contribution >= 4 is 0 Å². The Hall–Kier alpha value is -1.00. The van der Waals surface area contributed by atoms with Crippen LogP contribution in [-0.4, -0.2) is 29.7 Å². The van der Waals surface area contributed by atoms with Gasteiger partial charge in [-0.15, -0.1) is 0 Å². The highest BCUT2D eigenvalue weighted by molar-refractivity contribution is 5.23. The molecular formula is C14H19F2NO. The molecule has 1 unspecified atom stereocenters. The van der Waals surface area contributed by atoms with Gasteiger partial charge in [0.25, 0.3) is 0 Å². The number of rotatable bonds is 3. The van der Waals surface area contributed by atoms with E-state index >= 15 is 0 Å². The molecule has 0 aliphatic carbocycles. The highest BCUT2D eigenvalue weighted by atomic mass is 19.1. The van der Waals surface area contributed by atoms with E-state index in [1.165, 1.54) is 18.2 Å². The van der Waals surface area contributed by atoms with Gasteiger partial charge in [0, 0.05) is 18.2 Å². The number of nitrogens with zero attached hydrogens (tertiary/aromatic N) is 1. The van der Waals surface area contributed by atoms with Crippen molar-refractivity contribution in [2.75, 3.05) is 19.7 Å². The topological polar surface area (TPSA) is 23.5 Å². The summed E-state index contributed by atoms with van der Waals surface area (Å²) in [6.45, 7) is 3.59. The quantitative estimate of drug-likeness (QED) is 0.897. The third kappa shape index (κ3) is 2.70. The van der Waals surface area contributed by atoms with E-state index in [9.17, 15) is 8.78 Å². The van der Waals surface area contributed by atoms with E-state index in [1.54, 1.807) is 0 Å². The molecule has 2 nitrogen and oxygen atoms in total. The Bertz CT molecular complexity index is 383. The molecule has 0 radical (unpaired) electrons. The van der Waals surface area contributed by atoms with Gasteiger partial charge in [-0.3, -0.25) is 4.90 Å². The summed E-state index contributed by atoms with van der Waals surface area (Å²) in [5.74, 6) is -0.627. The van der Waals surface area contributed by atoms with Crippen LogP contribution in [0.5, 0.6) is 0 Å². The third-order valence-corrected chi connectivity index (χ3v) is 3.87. The lowest BCUT2D eigenvalue weighted by atomic mass is 9.95. The number of aliphatic hydroxyl groups is 1. The number of benzene rings is 1. The van der Waals surface area contributed by atoms with Gasteiger partial charge < -0.3 is 5.11 Å². The van der Waals surface area contributed by atoms with E-state index in [0.717, 1.165) is 25.9 Å². The Morgan fingerprint density at radius 2 is 1.83 bits per heavy atom. The smallest absolute Gasteiger partial charge is 0.130 e. The first-order valence-corrected chi connectivity index (χ1v) is 6.42. The molecule has 1 aromatic rings. The van der Waals surface area contributed by atoms with Crippen LogP contribution in [0.2, 0.25) is 0 Å². The van der Waals surface area contributed by atoms with Crippen molar-refractivity contribution in [1.82, 2.24) is 4.90 Å². The van der Waals surface area contributed by atoms with Gasteiger partial charge in [-0.25, -0.2) is 8.78 Å². The van der Waals surface area contributed by atoms with E-state index < -0.39 is 11.6 Å². The molecule has 1 aromatic carbocycles. The van der Waals surface area contributed by atoms with Gasteiger partial charge in [-0.05, 0) is 50.9 Å². The number of halogens is 2. The molecule has 1 saturated heterocycles. The molecule has 0 bridgehead atoms. The summed E-state index contributed by atoms with van der Waals surface area (Å²) in [6.07, 6.45) is 1.77. The summed E-state index contributed by atoms with van der Waals surface area (Å²) in [7, 11) is 0. The molecule has 18 heavy (non-hydrogen) atoms. The van der Waals surface area contributed by atoms with E-state index in [1.807, 2.05) is 6.92 Å². The molecule has 1 fully saturated rings. The van der Waals surface area contributed by atoms with Gasteiger partial charge in [0.2, 0.25) is 0 Å². The first kappa shape index (κ1) is 13.4. The fraction of sp³-hybridized carbons (Fsp3) is 0.571. The van der Waals surface area contributed by atoms with Crippen LogP contribution in [0.1, 0.15) is 31.4 Å². The van der Waals surface area contributed by atoms with Crippen molar-refractivity contribution in [1.29, 1.82) is 0 Å². The molecule has 0 amide bonds. The standard InChI is InChI=1S/C14H19F2NO/c1-10(14-12(15)3-2-4-13(14)16)17-7-5-11(9-18)6-8-17/h2-4,10-11,18H,5-9H2,1H3. The van der Waals surface area contributed by atoms with Crippen LogP contribution in [-0.2, 0) is 0 Å². The van der Waals surface area contributed by atoms with Crippen LogP contribution in [0, 0.1) is 17.6 Å². The fourth-order valence-electron chi connectivity index (χ4n) is 2.62.